The smallest absolute Gasteiger partial charge is 0.394 e. The average Bonchev–Trinajstić information content (AvgIpc) is 2.92. The first-order chi connectivity index (χ1) is 14.2. The molecule has 10 atom stereocenters. The van der Waals surface area contributed by atoms with E-state index >= 15 is 0 Å². The molecule has 31 heavy (non-hydrogen) atoms. The van der Waals surface area contributed by atoms with Crippen LogP contribution in [0, 0.1) is 0 Å². The fraction of sp³-hybridized carbons (Fsp3) is 1.00. The highest BCUT2D eigenvalue weighted by Crippen LogP contribution is 2.60. The molecular weight excluding hydrogens is 478 g/mol. The van der Waals surface area contributed by atoms with Crippen LogP contribution in [0.1, 0.15) is 0 Å². The molecule has 2 saturated heterocycles. The Kier molecular flexibility index (Phi) is 8.75. The number of phosphoric ester groups is 1. The summed E-state index contributed by atoms with van der Waals surface area (Å²) < 4.78 is 46.4. The monoisotopic (exact) mass is 502 g/mol. The van der Waals surface area contributed by atoms with Crippen LogP contribution in [-0.4, -0.2) is 125 Å². The number of aliphatic hydroxyl groups is 7. The third-order valence-electron chi connectivity index (χ3n) is 4.50. The summed E-state index contributed by atoms with van der Waals surface area (Å²) in [6.45, 7) is -3.15. The van der Waals surface area contributed by atoms with Gasteiger partial charge in [-0.15, -0.1) is 0 Å². The van der Waals surface area contributed by atoms with Gasteiger partial charge in [-0.2, -0.15) is 4.31 Å². The van der Waals surface area contributed by atoms with Crippen LogP contribution in [0.2, 0.25) is 0 Å². The van der Waals surface area contributed by atoms with Crippen LogP contribution in [0.5, 0.6) is 0 Å². The van der Waals surface area contributed by atoms with Crippen molar-refractivity contribution in [2.75, 3.05) is 19.8 Å². The summed E-state index contributed by atoms with van der Waals surface area (Å²) >= 11 is 0. The first-order valence-electron chi connectivity index (χ1n) is 8.54. The summed E-state index contributed by atoms with van der Waals surface area (Å²) in [5.41, 5.74) is 0. The Balaban J connectivity index is 2.35. The van der Waals surface area contributed by atoms with E-state index in [1.54, 1.807) is 0 Å². The molecule has 2 aliphatic heterocycles. The predicted octanol–water partition coefficient (Wildman–Crippen LogP) is -5.16. The van der Waals surface area contributed by atoms with E-state index in [1.165, 1.54) is 0 Å². The molecule has 184 valence electrons. The zero-order valence-corrected chi connectivity index (χ0v) is 17.3. The largest absolute Gasteiger partial charge is 0.481 e. The minimum Gasteiger partial charge on any atom is -0.394 e. The zero-order chi connectivity index (χ0) is 23.8. The highest BCUT2D eigenvalue weighted by molar-refractivity contribution is 7.60. The van der Waals surface area contributed by atoms with Gasteiger partial charge in [-0.3, -0.25) is 4.52 Å². The Bertz CT molecular complexity index is 699. The van der Waals surface area contributed by atoms with E-state index in [9.17, 15) is 49.8 Å². The lowest BCUT2D eigenvalue weighted by Gasteiger charge is -2.43. The normalized spacial score (nSPS) is 43.7. The molecule has 0 aliphatic carbocycles. The molecule has 2 aliphatic rings. The van der Waals surface area contributed by atoms with Crippen molar-refractivity contribution in [3.63, 3.8) is 0 Å². The third kappa shape index (κ3) is 6.06. The topological polar surface area (TPSA) is 283 Å². The van der Waals surface area contributed by atoms with Gasteiger partial charge in [-0.25, -0.2) is 9.13 Å². The summed E-state index contributed by atoms with van der Waals surface area (Å²) in [7, 11) is -11.2. The van der Waals surface area contributed by atoms with Gasteiger partial charge >= 0.3 is 15.6 Å². The van der Waals surface area contributed by atoms with Crippen LogP contribution < -0.4 is 0 Å². The fourth-order valence-electron chi connectivity index (χ4n) is 3.05. The van der Waals surface area contributed by atoms with E-state index in [0.717, 1.165) is 0 Å². The van der Waals surface area contributed by atoms with Gasteiger partial charge in [0, 0.05) is 0 Å². The number of hydrogen-bond acceptors (Lipinski definition) is 14. The molecular formula is C12H24O17P2. The van der Waals surface area contributed by atoms with Crippen molar-refractivity contribution in [2.24, 2.45) is 0 Å². The van der Waals surface area contributed by atoms with Crippen LogP contribution in [0.25, 0.3) is 0 Å². The van der Waals surface area contributed by atoms with Crippen LogP contribution >= 0.6 is 15.6 Å². The van der Waals surface area contributed by atoms with Crippen LogP contribution in [-0.2, 0) is 32.2 Å². The Morgan fingerprint density at radius 1 is 0.839 bits per heavy atom. The Labute approximate surface area is 173 Å². The lowest BCUT2D eigenvalue weighted by Crippen LogP contribution is -2.62. The maximum atomic E-state index is 11.9. The van der Waals surface area contributed by atoms with Gasteiger partial charge in [0.15, 0.2) is 12.4 Å². The van der Waals surface area contributed by atoms with Gasteiger partial charge in [-0.05, 0) is 0 Å². The highest BCUT2D eigenvalue weighted by atomic mass is 31.3. The van der Waals surface area contributed by atoms with E-state index in [1.807, 2.05) is 0 Å². The van der Waals surface area contributed by atoms with Gasteiger partial charge in [0.1, 0.15) is 43.2 Å². The lowest BCUT2D eigenvalue weighted by molar-refractivity contribution is -0.382. The van der Waals surface area contributed by atoms with Crippen molar-refractivity contribution in [2.45, 2.75) is 54.8 Å². The van der Waals surface area contributed by atoms with Gasteiger partial charge in [-0.1, -0.05) is 0 Å². The molecule has 2 rings (SSSR count). The van der Waals surface area contributed by atoms with E-state index < -0.39 is 90.3 Å². The summed E-state index contributed by atoms with van der Waals surface area (Å²) in [5.74, 6) is -2.73. The molecule has 2 heterocycles. The predicted molar refractivity (Wildman–Crippen MR) is 90.5 cm³/mol. The van der Waals surface area contributed by atoms with E-state index in [4.69, 9.17) is 24.0 Å². The molecule has 0 aromatic carbocycles. The third-order valence-corrected chi connectivity index (χ3v) is 6.67. The van der Waals surface area contributed by atoms with E-state index in [2.05, 4.69) is 8.83 Å². The Morgan fingerprint density at radius 2 is 1.42 bits per heavy atom. The maximum Gasteiger partial charge on any atom is 0.481 e. The van der Waals surface area contributed by atoms with Crippen LogP contribution in [0.15, 0.2) is 0 Å². The molecule has 19 heteroatoms. The van der Waals surface area contributed by atoms with Crippen molar-refractivity contribution in [1.29, 1.82) is 0 Å². The zero-order valence-electron chi connectivity index (χ0n) is 15.5. The molecule has 0 aromatic heterocycles. The van der Waals surface area contributed by atoms with E-state index in [-0.39, 0.29) is 0 Å². The minimum atomic E-state index is -5.65. The molecule has 0 saturated carbocycles. The molecule has 0 amide bonds. The van der Waals surface area contributed by atoms with Gasteiger partial charge < -0.3 is 64.6 Å². The van der Waals surface area contributed by atoms with Crippen LogP contribution in [0.4, 0.5) is 0 Å². The SMILES string of the molecule is O=P(O)(O)OP(=O)(O)O[C@H]1[C@H](O)[C@@H](CO)O[C@@]1(CO)O[C@H]1O[C@H](CO)[C@@H](O)[C@H](O)[C@H]1O. The summed E-state index contributed by atoms with van der Waals surface area (Å²) in [6.07, 6.45) is -15.2. The van der Waals surface area contributed by atoms with E-state index in [0.29, 0.717) is 0 Å². The molecule has 0 spiro atoms. The van der Waals surface area contributed by atoms with Gasteiger partial charge in [0.25, 0.3) is 0 Å². The molecule has 10 N–H and O–H groups in total. The second-order valence-electron chi connectivity index (χ2n) is 6.68. The number of ether oxygens (including phenoxy) is 3. The number of aliphatic hydroxyl groups excluding tert-OH is 7. The quantitative estimate of drug-likeness (QED) is 0.132. The molecule has 0 bridgehead atoms. The Morgan fingerprint density at radius 3 is 1.90 bits per heavy atom. The Hall–Kier alpha value is -0.140. The summed E-state index contributed by atoms with van der Waals surface area (Å²) in [6, 6.07) is 0. The lowest BCUT2D eigenvalue weighted by atomic mass is 9.99. The van der Waals surface area contributed by atoms with Gasteiger partial charge in [0.2, 0.25) is 5.79 Å². The van der Waals surface area contributed by atoms with Crippen molar-refractivity contribution in [1.82, 2.24) is 0 Å². The number of rotatable bonds is 9. The summed E-state index contributed by atoms with van der Waals surface area (Å²) in [5, 5.41) is 68.4. The first kappa shape index (κ1) is 27.1. The minimum absolute atomic E-state index is 0.860. The highest BCUT2D eigenvalue weighted by Gasteiger charge is 2.61. The molecule has 2 fully saturated rings. The number of hydrogen-bond donors (Lipinski definition) is 10. The van der Waals surface area contributed by atoms with Crippen molar-refractivity contribution < 1.29 is 82.6 Å². The second-order valence-corrected chi connectivity index (χ2v) is 9.46. The van der Waals surface area contributed by atoms with Crippen molar-refractivity contribution >= 4 is 15.6 Å². The molecule has 17 nitrogen and oxygen atoms in total. The van der Waals surface area contributed by atoms with Gasteiger partial charge in [0.05, 0.1) is 13.2 Å². The molecule has 0 radical (unpaired) electrons. The van der Waals surface area contributed by atoms with Crippen molar-refractivity contribution in [3.8, 4) is 0 Å². The number of phosphoric acid groups is 2. The standard InChI is InChI=1S/C12H24O17P2/c13-1-4-6(16)8(18)9(19)11(25-4)27-12(3-15)10(7(17)5(2-14)26-12)28-31(23,24)29-30(20,21)22/h4-11,13-19H,1-3H2,(H,23,24)(H2,20,21,22)/t4-,5-,6-,7-,8+,9-,10+,11-,12+/m1/s1. The van der Waals surface area contributed by atoms with Crippen LogP contribution in [0.3, 0.4) is 0 Å². The van der Waals surface area contributed by atoms with Crippen molar-refractivity contribution in [3.05, 3.63) is 0 Å². The fourth-order valence-corrected chi connectivity index (χ4v) is 4.86. The first-order valence-corrected chi connectivity index (χ1v) is 11.6. The summed E-state index contributed by atoms with van der Waals surface area (Å²) in [4.78, 5) is 27.0. The second kappa shape index (κ2) is 10.0. The molecule has 1 unspecified atom stereocenters. The average molecular weight is 502 g/mol. The molecule has 0 aromatic rings. The maximum absolute atomic E-state index is 11.9.